The maximum atomic E-state index is 11.8. The number of methoxy groups -OCH3 is 2. The second-order valence-corrected chi connectivity index (χ2v) is 8.67. The highest BCUT2D eigenvalue weighted by Crippen LogP contribution is 2.45. The average Bonchev–Trinajstić information content (AvgIpc) is 3.29. The molecule has 1 saturated heterocycles. The number of fused-ring (bicyclic) bond motifs is 1. The number of amides is 1. The summed E-state index contributed by atoms with van der Waals surface area (Å²) in [7, 11) is 2.91. The predicted molar refractivity (Wildman–Crippen MR) is 133 cm³/mol. The molecule has 2 aromatic heterocycles. The number of aliphatic hydroxyl groups excluding tert-OH is 1. The molecule has 1 aromatic carbocycles. The van der Waals surface area contributed by atoms with Crippen molar-refractivity contribution >= 4 is 45.9 Å². The Kier molecular flexibility index (Phi) is 7.71. The van der Waals surface area contributed by atoms with Crippen LogP contribution in [0.3, 0.4) is 0 Å². The molecule has 186 valence electrons. The smallest absolute Gasteiger partial charge is 0.243 e. The lowest BCUT2D eigenvalue weighted by Gasteiger charge is -2.32. The first-order chi connectivity index (χ1) is 16.9. The lowest BCUT2D eigenvalue weighted by Crippen LogP contribution is -2.52. The molecule has 1 aliphatic heterocycles. The molecule has 0 saturated carbocycles. The van der Waals surface area contributed by atoms with E-state index < -0.39 is 6.10 Å². The fourth-order valence-corrected chi connectivity index (χ4v) is 4.66. The molecule has 1 aliphatic rings. The summed E-state index contributed by atoms with van der Waals surface area (Å²) in [6.45, 7) is 4.46. The molecule has 3 atom stereocenters. The number of carbonyl (C=O) groups excluding carboxylic acids is 1. The summed E-state index contributed by atoms with van der Waals surface area (Å²) in [5.74, 6) is 1.15. The molecule has 3 N–H and O–H groups in total. The first kappa shape index (κ1) is 25.1. The van der Waals surface area contributed by atoms with E-state index >= 15 is 0 Å². The van der Waals surface area contributed by atoms with E-state index in [4.69, 9.17) is 41.8 Å². The summed E-state index contributed by atoms with van der Waals surface area (Å²) in [5, 5.41) is 18.3. The van der Waals surface area contributed by atoms with E-state index in [-0.39, 0.29) is 39.4 Å². The van der Waals surface area contributed by atoms with Gasteiger partial charge in [0.2, 0.25) is 5.91 Å². The van der Waals surface area contributed by atoms with Crippen molar-refractivity contribution < 1.29 is 28.5 Å². The lowest BCUT2D eigenvalue weighted by atomic mass is 10.0. The van der Waals surface area contributed by atoms with Crippen LogP contribution in [0, 0.1) is 0 Å². The summed E-state index contributed by atoms with van der Waals surface area (Å²) in [6, 6.07) is 4.68. The predicted octanol–water partition coefficient (Wildman–Crippen LogP) is 4.11. The van der Waals surface area contributed by atoms with Gasteiger partial charge in [-0.15, -0.1) is 0 Å². The maximum absolute atomic E-state index is 11.8. The van der Waals surface area contributed by atoms with Crippen molar-refractivity contribution in [1.82, 2.24) is 10.3 Å². The van der Waals surface area contributed by atoms with Crippen LogP contribution < -0.4 is 20.1 Å². The van der Waals surface area contributed by atoms with Gasteiger partial charge in [-0.1, -0.05) is 29.8 Å². The number of anilines is 1. The Morgan fingerprint density at radius 1 is 1.23 bits per heavy atom. The van der Waals surface area contributed by atoms with Crippen LogP contribution in [0.4, 0.5) is 5.82 Å². The number of carbonyl (C=O) groups is 1. The molecule has 3 unspecified atom stereocenters. The van der Waals surface area contributed by atoms with Crippen molar-refractivity contribution in [3.63, 3.8) is 0 Å². The molecule has 9 nitrogen and oxygen atoms in total. The van der Waals surface area contributed by atoms with Gasteiger partial charge in [0.15, 0.2) is 5.58 Å². The number of furan rings is 1. The number of rotatable bonds is 8. The van der Waals surface area contributed by atoms with Crippen LogP contribution >= 0.6 is 23.2 Å². The van der Waals surface area contributed by atoms with Crippen LogP contribution in [0.25, 0.3) is 11.0 Å². The van der Waals surface area contributed by atoms with E-state index in [0.29, 0.717) is 47.9 Å². The van der Waals surface area contributed by atoms with Gasteiger partial charge in [-0.25, -0.2) is 4.98 Å². The minimum Gasteiger partial charge on any atom is -0.495 e. The molecule has 11 heteroatoms. The highest BCUT2D eigenvalue weighted by molar-refractivity contribution is 6.38. The van der Waals surface area contributed by atoms with Gasteiger partial charge in [-0.3, -0.25) is 4.79 Å². The van der Waals surface area contributed by atoms with Gasteiger partial charge in [-0.05, 0) is 24.6 Å². The van der Waals surface area contributed by atoms with E-state index in [0.717, 1.165) is 0 Å². The van der Waals surface area contributed by atoms with Gasteiger partial charge in [0, 0.05) is 23.6 Å². The minimum absolute atomic E-state index is 0.138. The SMILES string of the molecule is C=CC(=O)NC1CCOCC1Nc1cc2cc(C(O)c3c(Cl)c(OC)cc(OC)c3Cl)oc2cn1. The van der Waals surface area contributed by atoms with Crippen molar-refractivity contribution in [2.24, 2.45) is 0 Å². The van der Waals surface area contributed by atoms with Crippen molar-refractivity contribution in [2.75, 3.05) is 32.8 Å². The first-order valence-corrected chi connectivity index (χ1v) is 11.6. The molecule has 0 bridgehead atoms. The Morgan fingerprint density at radius 2 is 1.94 bits per heavy atom. The zero-order chi connectivity index (χ0) is 25.1. The average molecular weight is 522 g/mol. The first-order valence-electron chi connectivity index (χ1n) is 10.8. The van der Waals surface area contributed by atoms with Crippen molar-refractivity contribution in [1.29, 1.82) is 0 Å². The van der Waals surface area contributed by atoms with E-state index in [9.17, 15) is 9.90 Å². The standard InChI is InChI=1S/C24H25Cl2N3O6/c1-4-20(30)29-13-5-6-34-11-14(13)28-19-8-12-7-17(35-18(12)10-27-19)24(31)21-22(25)15(32-2)9-16(33-3)23(21)26/h4,7-10,13-14,24,31H,1,5-6,11H2,2-3H3,(H,27,28)(H,29,30). The number of halogens is 2. The fraction of sp³-hybridized carbons (Fsp3) is 0.333. The molecule has 0 radical (unpaired) electrons. The number of pyridine rings is 1. The number of hydrogen-bond acceptors (Lipinski definition) is 8. The molecule has 3 aromatic rings. The highest BCUT2D eigenvalue weighted by atomic mass is 35.5. The third kappa shape index (κ3) is 5.18. The summed E-state index contributed by atoms with van der Waals surface area (Å²) in [5.41, 5.74) is 0.665. The Balaban J connectivity index is 1.61. The summed E-state index contributed by atoms with van der Waals surface area (Å²) >= 11 is 12.9. The summed E-state index contributed by atoms with van der Waals surface area (Å²) in [4.78, 5) is 16.2. The highest BCUT2D eigenvalue weighted by Gasteiger charge is 2.28. The Morgan fingerprint density at radius 3 is 2.60 bits per heavy atom. The van der Waals surface area contributed by atoms with E-state index in [1.807, 2.05) is 0 Å². The van der Waals surface area contributed by atoms with Gasteiger partial charge >= 0.3 is 0 Å². The largest absolute Gasteiger partial charge is 0.495 e. The number of hydrogen-bond donors (Lipinski definition) is 3. The molecule has 3 heterocycles. The van der Waals surface area contributed by atoms with Gasteiger partial charge in [0.1, 0.15) is 29.2 Å². The van der Waals surface area contributed by atoms with Crippen LogP contribution in [0.1, 0.15) is 23.8 Å². The number of aliphatic hydroxyl groups is 1. The number of nitrogens with zero attached hydrogens (tertiary/aromatic N) is 1. The van der Waals surface area contributed by atoms with Crippen LogP contribution in [-0.2, 0) is 9.53 Å². The van der Waals surface area contributed by atoms with Crippen molar-refractivity contribution in [3.8, 4) is 11.5 Å². The van der Waals surface area contributed by atoms with Gasteiger partial charge < -0.3 is 34.4 Å². The van der Waals surface area contributed by atoms with Crippen LogP contribution in [0.15, 0.2) is 41.5 Å². The summed E-state index contributed by atoms with van der Waals surface area (Å²) in [6.07, 6.45) is 2.16. The normalized spacial score (nSPS) is 18.7. The third-order valence-corrected chi connectivity index (χ3v) is 6.56. The van der Waals surface area contributed by atoms with Gasteiger partial charge in [-0.2, -0.15) is 0 Å². The number of nitrogens with one attached hydrogen (secondary N) is 2. The van der Waals surface area contributed by atoms with Gasteiger partial charge in [0.25, 0.3) is 0 Å². The molecule has 4 rings (SSSR count). The molecule has 0 aliphatic carbocycles. The second kappa shape index (κ2) is 10.7. The van der Waals surface area contributed by atoms with Crippen LogP contribution in [0.5, 0.6) is 11.5 Å². The Hall–Kier alpha value is -2.98. The van der Waals surface area contributed by atoms with E-state index in [2.05, 4.69) is 22.2 Å². The van der Waals surface area contributed by atoms with E-state index in [1.165, 1.54) is 20.3 Å². The van der Waals surface area contributed by atoms with E-state index in [1.54, 1.807) is 24.4 Å². The molecule has 1 amide bonds. The topological polar surface area (TPSA) is 115 Å². The number of benzene rings is 1. The molecule has 1 fully saturated rings. The fourth-order valence-electron chi connectivity index (χ4n) is 3.95. The molecular formula is C24H25Cl2N3O6. The van der Waals surface area contributed by atoms with Gasteiger partial charge in [0.05, 0.1) is 49.2 Å². The maximum Gasteiger partial charge on any atom is 0.243 e. The zero-order valence-electron chi connectivity index (χ0n) is 19.1. The van der Waals surface area contributed by atoms with Crippen molar-refractivity contribution in [3.05, 3.63) is 58.4 Å². The summed E-state index contributed by atoms with van der Waals surface area (Å²) < 4.78 is 22.0. The van der Waals surface area contributed by atoms with Crippen LogP contribution in [0.2, 0.25) is 10.0 Å². The number of aromatic nitrogens is 1. The minimum atomic E-state index is -1.28. The molecule has 0 spiro atoms. The third-order valence-electron chi connectivity index (χ3n) is 5.78. The second-order valence-electron chi connectivity index (χ2n) is 7.92. The van der Waals surface area contributed by atoms with Crippen molar-refractivity contribution in [2.45, 2.75) is 24.6 Å². The lowest BCUT2D eigenvalue weighted by molar-refractivity contribution is -0.117. The molecule has 35 heavy (non-hydrogen) atoms. The monoisotopic (exact) mass is 521 g/mol. The molecular weight excluding hydrogens is 497 g/mol. The number of ether oxygens (including phenoxy) is 3. The Bertz CT molecular complexity index is 1220. The van der Waals surface area contributed by atoms with Crippen LogP contribution in [-0.4, -0.2) is 55.5 Å². The Labute approximate surface area is 212 Å². The zero-order valence-corrected chi connectivity index (χ0v) is 20.7. The quantitative estimate of drug-likeness (QED) is 0.379.